The Bertz CT molecular complexity index is 618. The number of nitrogens with one attached hydrogen (secondary N) is 1. The molecule has 0 unspecified atom stereocenters. The number of phenolic OH excluding ortho intramolecular Hbond substituents is 1. The zero-order valence-corrected chi connectivity index (χ0v) is 11.1. The molecule has 19 heavy (non-hydrogen) atoms. The van der Waals surface area contributed by atoms with Gasteiger partial charge in [-0.15, -0.1) is 0 Å². The van der Waals surface area contributed by atoms with Crippen molar-refractivity contribution in [1.29, 1.82) is 0 Å². The normalized spacial score (nSPS) is 10.3. The van der Waals surface area contributed by atoms with Crippen LogP contribution in [0.3, 0.4) is 0 Å². The number of benzene rings is 1. The van der Waals surface area contributed by atoms with Crippen molar-refractivity contribution in [2.24, 2.45) is 0 Å². The van der Waals surface area contributed by atoms with E-state index >= 15 is 0 Å². The van der Waals surface area contributed by atoms with Crippen LogP contribution >= 0.6 is 0 Å². The van der Waals surface area contributed by atoms with Gasteiger partial charge in [-0.3, -0.25) is 10.1 Å². The summed E-state index contributed by atoms with van der Waals surface area (Å²) in [6, 6.07) is 6.67. The van der Waals surface area contributed by atoms with Gasteiger partial charge in [-0.1, -0.05) is 11.6 Å². The van der Waals surface area contributed by atoms with Crippen molar-refractivity contribution in [1.82, 2.24) is 9.97 Å². The number of aryl methyl sites for hydroxylation is 3. The van der Waals surface area contributed by atoms with Gasteiger partial charge in [0.25, 0.3) is 5.91 Å². The van der Waals surface area contributed by atoms with Crippen LogP contribution in [0.5, 0.6) is 5.75 Å². The molecule has 0 saturated heterocycles. The molecule has 1 aromatic heterocycles. The zero-order chi connectivity index (χ0) is 14.0. The summed E-state index contributed by atoms with van der Waals surface area (Å²) in [5.74, 6) is -0.248. The number of aromatic nitrogens is 2. The number of rotatable bonds is 2. The number of carbonyl (C=O) groups is 1. The fourth-order valence-electron chi connectivity index (χ4n) is 1.78. The van der Waals surface area contributed by atoms with Gasteiger partial charge in [-0.05, 0) is 39.0 Å². The molecule has 2 aromatic rings. The summed E-state index contributed by atoms with van der Waals surface area (Å²) < 4.78 is 0. The maximum atomic E-state index is 12.1. The van der Waals surface area contributed by atoms with Crippen molar-refractivity contribution in [3.63, 3.8) is 0 Å². The van der Waals surface area contributed by atoms with Gasteiger partial charge in [0, 0.05) is 11.4 Å². The van der Waals surface area contributed by atoms with E-state index in [4.69, 9.17) is 0 Å². The third kappa shape index (κ3) is 3.07. The highest BCUT2D eigenvalue weighted by atomic mass is 16.3. The van der Waals surface area contributed by atoms with Crippen molar-refractivity contribution in [3.05, 3.63) is 46.8 Å². The number of aromatic hydroxyl groups is 1. The first-order valence-corrected chi connectivity index (χ1v) is 5.89. The summed E-state index contributed by atoms with van der Waals surface area (Å²) in [5, 5.41) is 12.3. The number of anilines is 1. The first-order chi connectivity index (χ1) is 8.95. The van der Waals surface area contributed by atoms with Gasteiger partial charge >= 0.3 is 0 Å². The Morgan fingerprint density at radius 2 is 1.74 bits per heavy atom. The number of amides is 1. The first kappa shape index (κ1) is 13.0. The number of carbonyl (C=O) groups excluding carboxylic acids is 1. The minimum Gasteiger partial charge on any atom is -0.507 e. The molecule has 0 aliphatic rings. The highest BCUT2D eigenvalue weighted by molar-refractivity contribution is 6.05. The lowest BCUT2D eigenvalue weighted by Crippen LogP contribution is -2.15. The molecule has 0 saturated carbocycles. The minimum absolute atomic E-state index is 0.0625. The Kier molecular flexibility index (Phi) is 3.46. The molecule has 0 bridgehead atoms. The van der Waals surface area contributed by atoms with E-state index in [1.807, 2.05) is 26.8 Å². The van der Waals surface area contributed by atoms with E-state index < -0.39 is 5.91 Å². The molecule has 2 N–H and O–H groups in total. The van der Waals surface area contributed by atoms with Gasteiger partial charge in [0.15, 0.2) is 0 Å². The minimum atomic E-state index is -0.425. The fourth-order valence-corrected chi connectivity index (χ4v) is 1.78. The Morgan fingerprint density at radius 3 is 2.37 bits per heavy atom. The van der Waals surface area contributed by atoms with Crippen LogP contribution < -0.4 is 5.32 Å². The first-order valence-electron chi connectivity index (χ1n) is 5.89. The fraction of sp³-hybridized carbons (Fsp3) is 0.214. The Morgan fingerprint density at radius 1 is 1.11 bits per heavy atom. The van der Waals surface area contributed by atoms with Crippen LogP contribution in [0.25, 0.3) is 0 Å². The second-order valence-electron chi connectivity index (χ2n) is 4.45. The topological polar surface area (TPSA) is 75.1 Å². The molecule has 0 fully saturated rings. The van der Waals surface area contributed by atoms with Gasteiger partial charge in [-0.2, -0.15) is 0 Å². The molecule has 5 nitrogen and oxygen atoms in total. The van der Waals surface area contributed by atoms with Gasteiger partial charge in [0.2, 0.25) is 5.95 Å². The molecule has 5 heteroatoms. The number of nitrogens with zero attached hydrogens (tertiary/aromatic N) is 2. The average molecular weight is 257 g/mol. The Balaban J connectivity index is 2.28. The SMILES string of the molecule is Cc1ccc(O)c(C(=O)Nc2nc(C)cc(C)n2)c1. The largest absolute Gasteiger partial charge is 0.507 e. The third-order valence-corrected chi connectivity index (χ3v) is 2.60. The van der Waals surface area contributed by atoms with Crippen molar-refractivity contribution < 1.29 is 9.90 Å². The summed E-state index contributed by atoms with van der Waals surface area (Å²) in [7, 11) is 0. The van der Waals surface area contributed by atoms with E-state index in [2.05, 4.69) is 15.3 Å². The van der Waals surface area contributed by atoms with Crippen molar-refractivity contribution in [3.8, 4) is 5.75 Å². The molecule has 1 amide bonds. The molecule has 0 aliphatic heterocycles. The molecule has 0 spiro atoms. The van der Waals surface area contributed by atoms with E-state index in [9.17, 15) is 9.90 Å². The molecule has 0 radical (unpaired) electrons. The molecular formula is C14H15N3O2. The van der Waals surface area contributed by atoms with Crippen LogP contribution in [-0.2, 0) is 0 Å². The smallest absolute Gasteiger partial charge is 0.261 e. The van der Waals surface area contributed by atoms with Gasteiger partial charge < -0.3 is 5.11 Å². The summed E-state index contributed by atoms with van der Waals surface area (Å²) >= 11 is 0. The predicted octanol–water partition coefficient (Wildman–Crippen LogP) is 2.36. The predicted molar refractivity (Wildman–Crippen MR) is 72.3 cm³/mol. The number of hydrogen-bond acceptors (Lipinski definition) is 4. The van der Waals surface area contributed by atoms with Crippen molar-refractivity contribution >= 4 is 11.9 Å². The second kappa shape index (κ2) is 5.06. The monoisotopic (exact) mass is 257 g/mol. The third-order valence-electron chi connectivity index (χ3n) is 2.60. The van der Waals surface area contributed by atoms with Gasteiger partial charge in [0.1, 0.15) is 5.75 Å². The van der Waals surface area contributed by atoms with Crippen LogP contribution in [0.1, 0.15) is 27.3 Å². The van der Waals surface area contributed by atoms with E-state index in [1.165, 1.54) is 6.07 Å². The summed E-state index contributed by atoms with van der Waals surface area (Å²) in [5.41, 5.74) is 2.65. The van der Waals surface area contributed by atoms with Gasteiger partial charge in [-0.25, -0.2) is 9.97 Å². The van der Waals surface area contributed by atoms with E-state index in [0.717, 1.165) is 17.0 Å². The highest BCUT2D eigenvalue weighted by Gasteiger charge is 2.13. The van der Waals surface area contributed by atoms with Crippen LogP contribution in [0, 0.1) is 20.8 Å². The molecule has 2 rings (SSSR count). The zero-order valence-electron chi connectivity index (χ0n) is 11.1. The molecule has 1 heterocycles. The standard InChI is InChI=1S/C14H15N3O2/c1-8-4-5-12(18)11(6-8)13(19)17-14-15-9(2)7-10(3)16-14/h4-7,18H,1-3H3,(H,15,16,17,19). The molecule has 98 valence electrons. The van der Waals surface area contributed by atoms with Crippen LogP contribution in [0.2, 0.25) is 0 Å². The van der Waals surface area contributed by atoms with E-state index in [-0.39, 0.29) is 17.3 Å². The number of hydrogen-bond donors (Lipinski definition) is 2. The van der Waals surface area contributed by atoms with Crippen molar-refractivity contribution in [2.45, 2.75) is 20.8 Å². The quantitative estimate of drug-likeness (QED) is 0.866. The Hall–Kier alpha value is -2.43. The van der Waals surface area contributed by atoms with Crippen LogP contribution in [0.15, 0.2) is 24.3 Å². The summed E-state index contributed by atoms with van der Waals surface area (Å²) in [6.45, 7) is 5.51. The van der Waals surface area contributed by atoms with Crippen molar-refractivity contribution in [2.75, 3.05) is 5.32 Å². The van der Waals surface area contributed by atoms with E-state index in [0.29, 0.717) is 0 Å². The maximum absolute atomic E-state index is 12.1. The average Bonchev–Trinajstić information content (AvgIpc) is 2.30. The second-order valence-corrected chi connectivity index (χ2v) is 4.45. The van der Waals surface area contributed by atoms with Crippen LogP contribution in [0.4, 0.5) is 5.95 Å². The lowest BCUT2D eigenvalue weighted by Gasteiger charge is -2.07. The van der Waals surface area contributed by atoms with Crippen LogP contribution in [-0.4, -0.2) is 21.0 Å². The Labute approximate surface area is 111 Å². The molecule has 1 aromatic carbocycles. The molecular weight excluding hydrogens is 242 g/mol. The number of phenols is 1. The van der Waals surface area contributed by atoms with Gasteiger partial charge in [0.05, 0.1) is 5.56 Å². The van der Waals surface area contributed by atoms with E-state index in [1.54, 1.807) is 12.1 Å². The molecule has 0 aliphatic carbocycles. The lowest BCUT2D eigenvalue weighted by atomic mass is 10.1. The molecule has 0 atom stereocenters. The maximum Gasteiger partial charge on any atom is 0.261 e. The highest BCUT2D eigenvalue weighted by Crippen LogP contribution is 2.19. The lowest BCUT2D eigenvalue weighted by molar-refractivity contribution is 0.102. The summed E-state index contributed by atoms with van der Waals surface area (Å²) in [4.78, 5) is 20.3. The summed E-state index contributed by atoms with van der Waals surface area (Å²) in [6.07, 6.45) is 0.